The van der Waals surface area contributed by atoms with E-state index >= 15 is 0 Å². The van der Waals surface area contributed by atoms with Gasteiger partial charge in [-0.05, 0) is 6.92 Å². The molecule has 0 saturated carbocycles. The molecular weight excluding hydrogens is 242 g/mol. The Morgan fingerprint density at radius 1 is 1.17 bits per heavy atom. The SMILES string of the molecule is CO.C[C@@H]1OC(OCCOCCN)[C@H](O)CC1O. The Morgan fingerprint density at radius 2 is 1.83 bits per heavy atom. The van der Waals surface area contributed by atoms with Gasteiger partial charge in [0.1, 0.15) is 6.10 Å². The quantitative estimate of drug-likeness (QED) is 0.430. The number of hydrogen-bond donors (Lipinski definition) is 4. The molecule has 7 heteroatoms. The number of rotatable bonds is 6. The molecule has 1 heterocycles. The van der Waals surface area contributed by atoms with E-state index in [-0.39, 0.29) is 12.5 Å². The summed E-state index contributed by atoms with van der Waals surface area (Å²) in [6.45, 7) is 3.47. The van der Waals surface area contributed by atoms with Gasteiger partial charge < -0.3 is 35.3 Å². The summed E-state index contributed by atoms with van der Waals surface area (Å²) in [6, 6.07) is 0. The summed E-state index contributed by atoms with van der Waals surface area (Å²) in [5.41, 5.74) is 5.25. The molecule has 0 aromatic carbocycles. The molecule has 0 amide bonds. The predicted octanol–water partition coefficient (Wildman–Crippen LogP) is -1.56. The third-order valence-corrected chi connectivity index (χ3v) is 2.46. The van der Waals surface area contributed by atoms with Crippen LogP contribution >= 0.6 is 0 Å². The third kappa shape index (κ3) is 6.60. The average Bonchev–Trinajstić information content (AvgIpc) is 2.37. The van der Waals surface area contributed by atoms with Crippen molar-refractivity contribution in [3.8, 4) is 0 Å². The van der Waals surface area contributed by atoms with Gasteiger partial charge in [0.15, 0.2) is 6.29 Å². The third-order valence-electron chi connectivity index (χ3n) is 2.46. The van der Waals surface area contributed by atoms with Crippen molar-refractivity contribution >= 4 is 0 Å². The molecule has 1 rings (SSSR count). The van der Waals surface area contributed by atoms with E-state index in [1.807, 2.05) is 0 Å². The van der Waals surface area contributed by atoms with Crippen LogP contribution in [0.1, 0.15) is 13.3 Å². The summed E-state index contributed by atoms with van der Waals surface area (Å²) in [7, 11) is 1.00. The van der Waals surface area contributed by atoms with Crippen LogP contribution in [0, 0.1) is 0 Å². The highest BCUT2D eigenvalue weighted by Gasteiger charge is 2.34. The fourth-order valence-corrected chi connectivity index (χ4v) is 1.50. The summed E-state index contributed by atoms with van der Waals surface area (Å²) in [6.07, 6.45) is -2.16. The summed E-state index contributed by atoms with van der Waals surface area (Å²) >= 11 is 0. The van der Waals surface area contributed by atoms with Gasteiger partial charge in [-0.15, -0.1) is 0 Å². The molecule has 2 unspecified atom stereocenters. The topological polar surface area (TPSA) is 114 Å². The standard InChI is InChI=1S/C10H21NO5.CH4O/c1-7-8(12)6-9(13)10(16-7)15-5-4-14-3-2-11;1-2/h7-10,12-13H,2-6,11H2,1H3;2H,1H3/t7-,8?,9+,10?;/m0./s1. The van der Waals surface area contributed by atoms with E-state index < -0.39 is 18.5 Å². The molecule has 0 bridgehead atoms. The fraction of sp³-hybridized carbons (Fsp3) is 1.00. The van der Waals surface area contributed by atoms with Crippen LogP contribution in [0.3, 0.4) is 0 Å². The zero-order chi connectivity index (χ0) is 14.0. The average molecular weight is 267 g/mol. The van der Waals surface area contributed by atoms with E-state index in [2.05, 4.69) is 0 Å². The van der Waals surface area contributed by atoms with Crippen LogP contribution in [-0.2, 0) is 14.2 Å². The maximum Gasteiger partial charge on any atom is 0.184 e. The van der Waals surface area contributed by atoms with E-state index in [1.54, 1.807) is 6.92 Å². The highest BCUT2D eigenvalue weighted by molar-refractivity contribution is 4.78. The van der Waals surface area contributed by atoms with Gasteiger partial charge in [0, 0.05) is 20.1 Å². The normalized spacial score (nSPS) is 31.7. The molecule has 1 saturated heterocycles. The van der Waals surface area contributed by atoms with Crippen LogP contribution in [0.2, 0.25) is 0 Å². The Balaban J connectivity index is 0.00000137. The molecule has 1 aliphatic rings. The monoisotopic (exact) mass is 267 g/mol. The van der Waals surface area contributed by atoms with Crippen LogP contribution in [0.15, 0.2) is 0 Å². The van der Waals surface area contributed by atoms with Gasteiger partial charge in [0.2, 0.25) is 0 Å². The van der Waals surface area contributed by atoms with Crippen LogP contribution in [0.4, 0.5) is 0 Å². The summed E-state index contributed by atoms with van der Waals surface area (Å²) in [4.78, 5) is 0. The van der Waals surface area contributed by atoms with E-state index in [4.69, 9.17) is 25.1 Å². The minimum Gasteiger partial charge on any atom is -0.400 e. The lowest BCUT2D eigenvalue weighted by atomic mass is 10.0. The summed E-state index contributed by atoms with van der Waals surface area (Å²) < 4.78 is 15.7. The molecule has 0 aromatic heterocycles. The first-order valence-electron chi connectivity index (χ1n) is 6.01. The van der Waals surface area contributed by atoms with E-state index in [1.165, 1.54) is 0 Å². The lowest BCUT2D eigenvalue weighted by molar-refractivity contribution is -0.263. The summed E-state index contributed by atoms with van der Waals surface area (Å²) in [5.74, 6) is 0. The predicted molar refractivity (Wildman–Crippen MR) is 64.9 cm³/mol. The van der Waals surface area contributed by atoms with Crippen molar-refractivity contribution < 1.29 is 29.5 Å². The molecule has 0 radical (unpaired) electrons. The van der Waals surface area contributed by atoms with Gasteiger partial charge in [-0.2, -0.15) is 0 Å². The number of aliphatic hydroxyl groups is 3. The fourth-order valence-electron chi connectivity index (χ4n) is 1.50. The van der Waals surface area contributed by atoms with Crippen molar-refractivity contribution in [1.29, 1.82) is 0 Å². The van der Waals surface area contributed by atoms with Crippen molar-refractivity contribution in [2.24, 2.45) is 5.73 Å². The van der Waals surface area contributed by atoms with Gasteiger partial charge in [-0.1, -0.05) is 0 Å². The van der Waals surface area contributed by atoms with E-state index in [0.717, 1.165) is 7.11 Å². The Bertz CT molecular complexity index is 194. The Kier molecular flexibility index (Phi) is 10.5. The lowest BCUT2D eigenvalue weighted by Crippen LogP contribution is -2.47. The molecule has 110 valence electrons. The van der Waals surface area contributed by atoms with Gasteiger partial charge in [0.05, 0.1) is 32.0 Å². The van der Waals surface area contributed by atoms with Crippen molar-refractivity contribution in [3.63, 3.8) is 0 Å². The molecule has 7 nitrogen and oxygen atoms in total. The second-order valence-electron chi connectivity index (χ2n) is 3.85. The molecule has 1 aliphatic heterocycles. The highest BCUT2D eigenvalue weighted by Crippen LogP contribution is 2.20. The zero-order valence-electron chi connectivity index (χ0n) is 11.0. The van der Waals surface area contributed by atoms with Crippen molar-refractivity contribution in [2.75, 3.05) is 33.5 Å². The Labute approximate surface area is 107 Å². The molecule has 4 atom stereocenters. The highest BCUT2D eigenvalue weighted by atomic mass is 16.7. The largest absolute Gasteiger partial charge is 0.400 e. The second-order valence-corrected chi connectivity index (χ2v) is 3.85. The maximum atomic E-state index is 9.59. The smallest absolute Gasteiger partial charge is 0.184 e. The first-order chi connectivity index (χ1) is 8.65. The Hall–Kier alpha value is -0.280. The van der Waals surface area contributed by atoms with Gasteiger partial charge in [-0.25, -0.2) is 0 Å². The maximum absolute atomic E-state index is 9.59. The van der Waals surface area contributed by atoms with Crippen LogP contribution in [-0.4, -0.2) is 73.4 Å². The first-order valence-corrected chi connectivity index (χ1v) is 6.01. The van der Waals surface area contributed by atoms with Crippen LogP contribution in [0.5, 0.6) is 0 Å². The Morgan fingerprint density at radius 3 is 2.44 bits per heavy atom. The number of aliphatic hydroxyl groups excluding tert-OH is 3. The molecule has 0 spiro atoms. The summed E-state index contributed by atoms with van der Waals surface area (Å²) in [5, 5.41) is 26.0. The minimum atomic E-state index is -0.791. The number of hydrogen-bond acceptors (Lipinski definition) is 7. The molecule has 5 N–H and O–H groups in total. The van der Waals surface area contributed by atoms with Gasteiger partial charge in [0.25, 0.3) is 0 Å². The van der Waals surface area contributed by atoms with Gasteiger partial charge >= 0.3 is 0 Å². The zero-order valence-corrected chi connectivity index (χ0v) is 11.0. The lowest BCUT2D eigenvalue weighted by Gasteiger charge is -2.35. The van der Waals surface area contributed by atoms with Crippen molar-refractivity contribution in [3.05, 3.63) is 0 Å². The number of ether oxygens (including phenoxy) is 3. The molecule has 0 aromatic rings. The molecule has 0 aliphatic carbocycles. The molecular formula is C11H25NO6. The first kappa shape index (κ1) is 17.7. The van der Waals surface area contributed by atoms with Crippen LogP contribution in [0.25, 0.3) is 0 Å². The molecule has 1 fully saturated rings. The van der Waals surface area contributed by atoms with Crippen molar-refractivity contribution in [1.82, 2.24) is 0 Å². The van der Waals surface area contributed by atoms with E-state index in [9.17, 15) is 10.2 Å². The second kappa shape index (κ2) is 10.6. The van der Waals surface area contributed by atoms with Crippen LogP contribution < -0.4 is 5.73 Å². The van der Waals surface area contributed by atoms with E-state index in [0.29, 0.717) is 26.4 Å². The molecule has 18 heavy (non-hydrogen) atoms. The van der Waals surface area contributed by atoms with Gasteiger partial charge in [-0.3, -0.25) is 0 Å². The van der Waals surface area contributed by atoms with Crippen molar-refractivity contribution in [2.45, 2.75) is 37.9 Å². The minimum absolute atomic E-state index is 0.273. The number of nitrogens with two attached hydrogens (primary N) is 1.